The molecular weight excluding hydrogens is 390 g/mol. The van der Waals surface area contributed by atoms with E-state index >= 15 is 0 Å². The third-order valence-electron chi connectivity index (χ3n) is 4.06. The molecule has 0 unspecified atom stereocenters. The highest BCUT2D eigenvalue weighted by atomic mass is 32.1. The van der Waals surface area contributed by atoms with Crippen LogP contribution in [0.4, 0.5) is 11.4 Å². The number of hydrogen-bond donors (Lipinski definition) is 3. The molecule has 3 rings (SSSR count). The van der Waals surface area contributed by atoms with Gasteiger partial charge in [-0.2, -0.15) is 0 Å². The molecule has 0 fully saturated rings. The number of furan rings is 1. The van der Waals surface area contributed by atoms with Crippen LogP contribution in [0.1, 0.15) is 16.1 Å². The van der Waals surface area contributed by atoms with E-state index in [1.54, 1.807) is 42.7 Å². The fraction of sp³-hybridized carbons (Fsp3) is 0.143. The number of nitrogens with one attached hydrogen (secondary N) is 3. The van der Waals surface area contributed by atoms with Gasteiger partial charge in [0.2, 0.25) is 0 Å². The van der Waals surface area contributed by atoms with Crippen LogP contribution in [0.2, 0.25) is 0 Å². The van der Waals surface area contributed by atoms with Crippen molar-refractivity contribution >= 4 is 34.6 Å². The van der Waals surface area contributed by atoms with Crippen LogP contribution in [-0.2, 0) is 6.54 Å². The molecule has 7 nitrogen and oxygen atoms in total. The minimum absolute atomic E-state index is 0.248. The molecule has 150 valence electrons. The topological polar surface area (TPSA) is 84.8 Å². The lowest BCUT2D eigenvalue weighted by molar-refractivity contribution is 0.102. The van der Waals surface area contributed by atoms with Crippen molar-refractivity contribution < 1.29 is 18.7 Å². The molecule has 0 saturated carbocycles. The van der Waals surface area contributed by atoms with E-state index in [0.29, 0.717) is 40.1 Å². The summed E-state index contributed by atoms with van der Waals surface area (Å²) in [5, 5.41) is 9.36. The Bertz CT molecular complexity index is 975. The molecule has 29 heavy (non-hydrogen) atoms. The summed E-state index contributed by atoms with van der Waals surface area (Å²) in [7, 11) is 3.06. The number of hydrogen-bond acceptors (Lipinski definition) is 5. The van der Waals surface area contributed by atoms with E-state index in [0.717, 1.165) is 5.76 Å². The maximum Gasteiger partial charge on any atom is 0.255 e. The SMILES string of the molecule is COc1cc(NC(=S)NCc2ccco2)c(OC)cc1NC(=O)c1ccccc1. The minimum Gasteiger partial charge on any atom is -0.494 e. The van der Waals surface area contributed by atoms with Gasteiger partial charge in [0.25, 0.3) is 5.91 Å². The van der Waals surface area contributed by atoms with Gasteiger partial charge >= 0.3 is 0 Å². The van der Waals surface area contributed by atoms with Crippen LogP contribution < -0.4 is 25.4 Å². The summed E-state index contributed by atoms with van der Waals surface area (Å²) >= 11 is 5.33. The van der Waals surface area contributed by atoms with Crippen LogP contribution in [0.25, 0.3) is 0 Å². The van der Waals surface area contributed by atoms with Gasteiger partial charge in [0.15, 0.2) is 5.11 Å². The smallest absolute Gasteiger partial charge is 0.255 e. The van der Waals surface area contributed by atoms with Gasteiger partial charge in [0.1, 0.15) is 17.3 Å². The average Bonchev–Trinajstić information content (AvgIpc) is 3.27. The van der Waals surface area contributed by atoms with E-state index in [4.69, 9.17) is 26.1 Å². The molecule has 2 aromatic carbocycles. The number of benzene rings is 2. The van der Waals surface area contributed by atoms with Crippen LogP contribution in [0.3, 0.4) is 0 Å². The maximum atomic E-state index is 12.5. The first-order valence-electron chi connectivity index (χ1n) is 8.80. The maximum absolute atomic E-state index is 12.5. The first-order chi connectivity index (χ1) is 14.1. The number of ether oxygens (including phenoxy) is 2. The first kappa shape index (κ1) is 20.2. The third-order valence-corrected chi connectivity index (χ3v) is 4.30. The van der Waals surface area contributed by atoms with Crippen molar-refractivity contribution in [2.24, 2.45) is 0 Å². The Morgan fingerprint density at radius 2 is 1.62 bits per heavy atom. The molecule has 3 aromatic rings. The molecule has 0 aliphatic rings. The zero-order valence-corrected chi connectivity index (χ0v) is 16.8. The Kier molecular flexibility index (Phi) is 6.70. The summed E-state index contributed by atoms with van der Waals surface area (Å²) in [6.07, 6.45) is 1.60. The minimum atomic E-state index is -0.248. The zero-order chi connectivity index (χ0) is 20.6. The molecule has 0 saturated heterocycles. The molecule has 3 N–H and O–H groups in total. The number of anilines is 2. The molecule has 0 radical (unpaired) electrons. The van der Waals surface area contributed by atoms with Crippen LogP contribution in [0.15, 0.2) is 65.3 Å². The summed E-state index contributed by atoms with van der Waals surface area (Å²) in [5.41, 5.74) is 1.62. The van der Waals surface area contributed by atoms with E-state index in [1.165, 1.54) is 14.2 Å². The largest absolute Gasteiger partial charge is 0.494 e. The highest BCUT2D eigenvalue weighted by Crippen LogP contribution is 2.36. The summed E-state index contributed by atoms with van der Waals surface area (Å²) in [4.78, 5) is 12.5. The second kappa shape index (κ2) is 9.61. The predicted molar refractivity (Wildman–Crippen MR) is 116 cm³/mol. The number of carbonyl (C=O) groups is 1. The van der Waals surface area contributed by atoms with Crippen LogP contribution >= 0.6 is 12.2 Å². The quantitative estimate of drug-likeness (QED) is 0.506. The van der Waals surface area contributed by atoms with E-state index in [9.17, 15) is 4.79 Å². The van der Waals surface area contributed by atoms with Crippen molar-refractivity contribution in [3.63, 3.8) is 0 Å². The first-order valence-corrected chi connectivity index (χ1v) is 9.21. The molecule has 0 aliphatic heterocycles. The molecule has 8 heteroatoms. The summed E-state index contributed by atoms with van der Waals surface area (Å²) in [6, 6.07) is 16.0. The third kappa shape index (κ3) is 5.26. The van der Waals surface area contributed by atoms with Crippen LogP contribution in [-0.4, -0.2) is 25.2 Å². The Hall–Kier alpha value is -3.52. The van der Waals surface area contributed by atoms with Gasteiger partial charge in [-0.25, -0.2) is 0 Å². The molecule has 1 amide bonds. The fourth-order valence-electron chi connectivity index (χ4n) is 2.62. The lowest BCUT2D eigenvalue weighted by Gasteiger charge is -2.17. The van der Waals surface area contributed by atoms with Gasteiger partial charge in [0, 0.05) is 17.7 Å². The lowest BCUT2D eigenvalue weighted by Crippen LogP contribution is -2.28. The van der Waals surface area contributed by atoms with Crippen molar-refractivity contribution in [1.82, 2.24) is 5.32 Å². The highest BCUT2D eigenvalue weighted by molar-refractivity contribution is 7.80. The van der Waals surface area contributed by atoms with Gasteiger partial charge in [-0.15, -0.1) is 0 Å². The van der Waals surface area contributed by atoms with Crippen molar-refractivity contribution in [3.05, 3.63) is 72.2 Å². The van der Waals surface area contributed by atoms with Crippen molar-refractivity contribution in [2.45, 2.75) is 6.54 Å². The van der Waals surface area contributed by atoms with E-state index in [-0.39, 0.29) is 5.91 Å². The fourth-order valence-corrected chi connectivity index (χ4v) is 2.81. The van der Waals surface area contributed by atoms with Gasteiger partial charge in [0.05, 0.1) is 38.4 Å². The zero-order valence-electron chi connectivity index (χ0n) is 16.0. The molecule has 0 spiro atoms. The van der Waals surface area contributed by atoms with Gasteiger partial charge in [-0.3, -0.25) is 4.79 Å². The Balaban J connectivity index is 1.75. The highest BCUT2D eigenvalue weighted by Gasteiger charge is 2.15. The van der Waals surface area contributed by atoms with E-state index < -0.39 is 0 Å². The van der Waals surface area contributed by atoms with Gasteiger partial charge in [-0.1, -0.05) is 18.2 Å². The average molecular weight is 411 g/mol. The second-order valence-electron chi connectivity index (χ2n) is 5.96. The Morgan fingerprint density at radius 3 is 2.21 bits per heavy atom. The number of rotatable bonds is 7. The standard InChI is InChI=1S/C21H21N3O4S/c1-26-18-12-17(24-21(29)22-13-15-9-6-10-28-15)19(27-2)11-16(18)23-20(25)14-7-4-3-5-8-14/h3-12H,13H2,1-2H3,(H,23,25)(H2,22,24,29). The lowest BCUT2D eigenvalue weighted by atomic mass is 10.2. The monoisotopic (exact) mass is 411 g/mol. The Morgan fingerprint density at radius 1 is 0.966 bits per heavy atom. The molecule has 0 atom stereocenters. The normalized spacial score (nSPS) is 10.1. The van der Waals surface area contributed by atoms with Gasteiger partial charge in [-0.05, 0) is 36.5 Å². The van der Waals surface area contributed by atoms with Crippen molar-refractivity contribution in [1.29, 1.82) is 0 Å². The second-order valence-corrected chi connectivity index (χ2v) is 6.37. The molecular formula is C21H21N3O4S. The van der Waals surface area contributed by atoms with E-state index in [1.807, 2.05) is 18.2 Å². The van der Waals surface area contributed by atoms with Crippen LogP contribution in [0, 0.1) is 0 Å². The van der Waals surface area contributed by atoms with Gasteiger partial charge < -0.3 is 29.8 Å². The van der Waals surface area contributed by atoms with Crippen molar-refractivity contribution in [2.75, 3.05) is 24.9 Å². The number of thiocarbonyl (C=S) groups is 1. The number of carbonyl (C=O) groups excluding carboxylic acids is 1. The summed E-state index contributed by atoms with van der Waals surface area (Å²) in [6.45, 7) is 0.448. The van der Waals surface area contributed by atoms with Crippen LogP contribution in [0.5, 0.6) is 11.5 Å². The summed E-state index contributed by atoms with van der Waals surface area (Å²) < 4.78 is 16.2. The Labute approximate surface area is 174 Å². The molecule has 0 aliphatic carbocycles. The number of amides is 1. The number of methoxy groups -OCH3 is 2. The molecule has 1 aromatic heterocycles. The predicted octanol–water partition coefficient (Wildman–Crippen LogP) is 4.04. The van der Waals surface area contributed by atoms with E-state index in [2.05, 4.69) is 16.0 Å². The van der Waals surface area contributed by atoms with Crippen molar-refractivity contribution in [3.8, 4) is 11.5 Å². The molecule has 1 heterocycles. The molecule has 0 bridgehead atoms. The summed E-state index contributed by atoms with van der Waals surface area (Å²) in [5.74, 6) is 1.47.